The van der Waals surface area contributed by atoms with Gasteiger partial charge >= 0.3 is 0 Å². The number of oxazole rings is 1. The van der Waals surface area contributed by atoms with Crippen molar-refractivity contribution in [1.29, 1.82) is 0 Å². The zero-order valence-electron chi connectivity index (χ0n) is 9.00. The van der Waals surface area contributed by atoms with Crippen molar-refractivity contribution < 1.29 is 8.81 Å². The summed E-state index contributed by atoms with van der Waals surface area (Å²) >= 11 is 5.88. The van der Waals surface area contributed by atoms with Crippen LogP contribution >= 0.6 is 11.6 Å². The van der Waals surface area contributed by atoms with Gasteiger partial charge in [-0.1, -0.05) is 12.1 Å². The Hall–Kier alpha value is -1.35. The first-order chi connectivity index (χ1) is 7.58. The molecule has 0 N–H and O–H groups in total. The third-order valence-corrected chi connectivity index (χ3v) is 2.43. The Bertz CT molecular complexity index is 507. The predicted octanol–water partition coefficient (Wildman–Crippen LogP) is 4.09. The van der Waals surface area contributed by atoms with Gasteiger partial charge in [0.05, 0.1) is 5.69 Å². The summed E-state index contributed by atoms with van der Waals surface area (Å²) in [7, 11) is 0. The SMILES string of the molecule is Cc1nc(C(C)Cl)oc1-c1cccc(F)c1. The lowest BCUT2D eigenvalue weighted by Gasteiger charge is -1.98. The van der Waals surface area contributed by atoms with E-state index < -0.39 is 0 Å². The standard InChI is InChI=1S/C12H11ClFNO/c1-7(13)12-15-8(2)11(16-12)9-4-3-5-10(14)6-9/h3-7H,1-2H3. The summed E-state index contributed by atoms with van der Waals surface area (Å²) in [5.41, 5.74) is 1.39. The van der Waals surface area contributed by atoms with Crippen LogP contribution < -0.4 is 0 Å². The fourth-order valence-corrected chi connectivity index (χ4v) is 1.58. The molecule has 0 radical (unpaired) electrons. The molecule has 16 heavy (non-hydrogen) atoms. The number of aryl methyl sites for hydroxylation is 1. The second kappa shape index (κ2) is 4.26. The first kappa shape index (κ1) is 11.1. The van der Waals surface area contributed by atoms with E-state index in [4.69, 9.17) is 16.0 Å². The van der Waals surface area contributed by atoms with Gasteiger partial charge < -0.3 is 4.42 Å². The van der Waals surface area contributed by atoms with Crippen LogP contribution in [0.1, 0.15) is 23.9 Å². The molecule has 0 spiro atoms. The fraction of sp³-hybridized carbons (Fsp3) is 0.250. The minimum absolute atomic E-state index is 0.291. The van der Waals surface area contributed by atoms with E-state index >= 15 is 0 Å². The molecule has 84 valence electrons. The van der Waals surface area contributed by atoms with Gasteiger partial charge in [-0.3, -0.25) is 0 Å². The predicted molar refractivity (Wildman–Crippen MR) is 60.9 cm³/mol. The van der Waals surface area contributed by atoms with Crippen LogP contribution in [-0.4, -0.2) is 4.98 Å². The van der Waals surface area contributed by atoms with Crippen molar-refractivity contribution in [2.24, 2.45) is 0 Å². The van der Waals surface area contributed by atoms with Crippen LogP contribution in [-0.2, 0) is 0 Å². The molecule has 0 aliphatic carbocycles. The summed E-state index contributed by atoms with van der Waals surface area (Å²) in [4.78, 5) is 4.20. The first-order valence-corrected chi connectivity index (χ1v) is 5.39. The molecule has 0 saturated carbocycles. The van der Waals surface area contributed by atoms with Crippen LogP contribution in [0.15, 0.2) is 28.7 Å². The molecule has 0 saturated heterocycles. The summed E-state index contributed by atoms with van der Waals surface area (Å²) < 4.78 is 18.6. The maximum absolute atomic E-state index is 13.1. The molecule has 1 atom stereocenters. The number of hydrogen-bond acceptors (Lipinski definition) is 2. The quantitative estimate of drug-likeness (QED) is 0.738. The molecule has 4 heteroatoms. The Morgan fingerprint density at radius 3 is 2.75 bits per heavy atom. The molecule has 1 aromatic carbocycles. The average Bonchev–Trinajstić information content (AvgIpc) is 2.60. The maximum Gasteiger partial charge on any atom is 0.212 e. The molecule has 0 aliphatic rings. The van der Waals surface area contributed by atoms with E-state index in [1.807, 2.05) is 6.92 Å². The number of rotatable bonds is 2. The Kier molecular flexibility index (Phi) is 2.97. The van der Waals surface area contributed by atoms with Crippen LogP contribution in [0.3, 0.4) is 0 Å². The molecule has 0 amide bonds. The summed E-state index contributed by atoms with van der Waals surface area (Å²) in [6, 6.07) is 6.21. The van der Waals surface area contributed by atoms with Crippen molar-refractivity contribution in [3.05, 3.63) is 41.7 Å². The highest BCUT2D eigenvalue weighted by molar-refractivity contribution is 6.20. The Morgan fingerprint density at radius 1 is 1.44 bits per heavy atom. The van der Waals surface area contributed by atoms with Gasteiger partial charge in [-0.25, -0.2) is 9.37 Å². The van der Waals surface area contributed by atoms with E-state index in [1.54, 1.807) is 19.1 Å². The number of benzene rings is 1. The third-order valence-electron chi connectivity index (χ3n) is 2.24. The number of aromatic nitrogens is 1. The Labute approximate surface area is 98.1 Å². The van der Waals surface area contributed by atoms with Crippen LogP contribution in [0.5, 0.6) is 0 Å². The zero-order chi connectivity index (χ0) is 11.7. The zero-order valence-corrected chi connectivity index (χ0v) is 9.75. The van der Waals surface area contributed by atoms with Crippen LogP contribution in [0.2, 0.25) is 0 Å². The van der Waals surface area contributed by atoms with Crippen molar-refractivity contribution in [2.75, 3.05) is 0 Å². The molecule has 0 fully saturated rings. The molecule has 1 unspecified atom stereocenters. The lowest BCUT2D eigenvalue weighted by Crippen LogP contribution is -1.82. The highest BCUT2D eigenvalue weighted by Gasteiger charge is 2.15. The van der Waals surface area contributed by atoms with Gasteiger partial charge in [0.25, 0.3) is 0 Å². The Balaban J connectivity index is 2.48. The largest absolute Gasteiger partial charge is 0.439 e. The third kappa shape index (κ3) is 2.09. The lowest BCUT2D eigenvalue weighted by atomic mass is 10.1. The van der Waals surface area contributed by atoms with Gasteiger partial charge in [0.1, 0.15) is 11.2 Å². The van der Waals surface area contributed by atoms with Gasteiger partial charge in [0, 0.05) is 5.56 Å². The molecular formula is C12H11ClFNO. The van der Waals surface area contributed by atoms with Crippen molar-refractivity contribution >= 4 is 11.6 Å². The van der Waals surface area contributed by atoms with E-state index in [2.05, 4.69) is 4.98 Å². The number of alkyl halides is 1. The number of hydrogen-bond donors (Lipinski definition) is 0. The minimum Gasteiger partial charge on any atom is -0.439 e. The summed E-state index contributed by atoms with van der Waals surface area (Å²) in [5, 5.41) is -0.291. The summed E-state index contributed by atoms with van der Waals surface area (Å²) in [5.74, 6) is 0.731. The van der Waals surface area contributed by atoms with Crippen molar-refractivity contribution in [3.8, 4) is 11.3 Å². The summed E-state index contributed by atoms with van der Waals surface area (Å²) in [6.07, 6.45) is 0. The minimum atomic E-state index is -0.297. The van der Waals surface area contributed by atoms with Crippen LogP contribution in [0.4, 0.5) is 4.39 Å². The van der Waals surface area contributed by atoms with E-state index in [9.17, 15) is 4.39 Å². The maximum atomic E-state index is 13.1. The smallest absolute Gasteiger partial charge is 0.212 e. The van der Waals surface area contributed by atoms with Gasteiger partial charge in [-0.05, 0) is 26.0 Å². The lowest BCUT2D eigenvalue weighted by molar-refractivity contribution is 0.507. The topological polar surface area (TPSA) is 26.0 Å². The molecule has 0 aliphatic heterocycles. The average molecular weight is 240 g/mol. The number of nitrogens with zero attached hydrogens (tertiary/aromatic N) is 1. The van der Waals surface area contributed by atoms with Gasteiger partial charge in [0.15, 0.2) is 5.76 Å². The van der Waals surface area contributed by atoms with Crippen LogP contribution in [0, 0.1) is 12.7 Å². The molecule has 2 aromatic rings. The van der Waals surface area contributed by atoms with Crippen molar-refractivity contribution in [2.45, 2.75) is 19.2 Å². The van der Waals surface area contributed by atoms with E-state index in [1.165, 1.54) is 12.1 Å². The fourth-order valence-electron chi connectivity index (χ4n) is 1.48. The molecule has 2 rings (SSSR count). The molecule has 1 aromatic heterocycles. The normalized spacial score (nSPS) is 12.8. The van der Waals surface area contributed by atoms with Crippen molar-refractivity contribution in [3.63, 3.8) is 0 Å². The second-order valence-corrected chi connectivity index (χ2v) is 4.25. The number of halogens is 2. The van der Waals surface area contributed by atoms with Crippen molar-refractivity contribution in [1.82, 2.24) is 4.98 Å². The van der Waals surface area contributed by atoms with E-state index in [-0.39, 0.29) is 11.2 Å². The molecule has 0 bridgehead atoms. The highest BCUT2D eigenvalue weighted by atomic mass is 35.5. The Morgan fingerprint density at radius 2 is 2.19 bits per heavy atom. The molecule has 2 nitrogen and oxygen atoms in total. The molecule has 1 heterocycles. The monoisotopic (exact) mass is 239 g/mol. The van der Waals surface area contributed by atoms with E-state index in [0.717, 1.165) is 0 Å². The highest BCUT2D eigenvalue weighted by Crippen LogP contribution is 2.29. The second-order valence-electron chi connectivity index (χ2n) is 3.59. The van der Waals surface area contributed by atoms with Gasteiger partial charge in [-0.15, -0.1) is 11.6 Å². The molecular weight excluding hydrogens is 229 g/mol. The van der Waals surface area contributed by atoms with Gasteiger partial charge in [-0.2, -0.15) is 0 Å². The van der Waals surface area contributed by atoms with Crippen LogP contribution in [0.25, 0.3) is 11.3 Å². The van der Waals surface area contributed by atoms with Gasteiger partial charge in [0.2, 0.25) is 5.89 Å². The summed E-state index contributed by atoms with van der Waals surface area (Å²) in [6.45, 7) is 3.59. The van der Waals surface area contributed by atoms with E-state index in [0.29, 0.717) is 22.9 Å². The first-order valence-electron chi connectivity index (χ1n) is 4.95.